The zero-order valence-electron chi connectivity index (χ0n) is 28.8. The van der Waals surface area contributed by atoms with Crippen molar-refractivity contribution in [2.75, 3.05) is 0 Å². The minimum Gasteiger partial charge on any atom is -0.657 e. The van der Waals surface area contributed by atoms with Gasteiger partial charge in [0.2, 0.25) is 0 Å². The minimum atomic E-state index is -0.107. The van der Waals surface area contributed by atoms with E-state index in [4.69, 9.17) is 19.9 Å². The summed E-state index contributed by atoms with van der Waals surface area (Å²) in [6, 6.07) is 28.4. The molecule has 7 rings (SSSR count). The van der Waals surface area contributed by atoms with Gasteiger partial charge in [0.05, 0.1) is 11.4 Å². The van der Waals surface area contributed by atoms with Gasteiger partial charge in [-0.1, -0.05) is 122 Å². The summed E-state index contributed by atoms with van der Waals surface area (Å²) in [6.07, 6.45) is 5.13. The van der Waals surface area contributed by atoms with Crippen LogP contribution in [0, 0.1) is 3.57 Å². The van der Waals surface area contributed by atoms with E-state index in [2.05, 4.69) is 169 Å². The van der Waals surface area contributed by atoms with Crippen LogP contribution in [0.1, 0.15) is 89.3 Å². The van der Waals surface area contributed by atoms with Crippen LogP contribution in [0.15, 0.2) is 78.9 Å². The molecule has 0 saturated carbocycles. The summed E-state index contributed by atoms with van der Waals surface area (Å²) < 4.78 is 1.19. The molecule has 5 aromatic rings. The molecular formula is C42H41CuIN4. The van der Waals surface area contributed by atoms with Gasteiger partial charge in [0.1, 0.15) is 0 Å². The molecule has 6 heteroatoms. The van der Waals surface area contributed by atoms with E-state index in [0.29, 0.717) is 0 Å². The normalized spacial score (nSPS) is 14.2. The first-order valence-electron chi connectivity index (χ1n) is 16.4. The van der Waals surface area contributed by atoms with Crippen molar-refractivity contribution in [3.05, 3.63) is 116 Å². The molecule has 0 atom stereocenters. The zero-order chi connectivity index (χ0) is 33.3. The van der Waals surface area contributed by atoms with E-state index in [1.165, 1.54) is 14.7 Å². The van der Waals surface area contributed by atoms with Crippen molar-refractivity contribution in [1.29, 1.82) is 0 Å². The quantitative estimate of drug-likeness (QED) is 0.129. The third-order valence-corrected chi connectivity index (χ3v) is 9.97. The second-order valence-corrected chi connectivity index (χ2v) is 16.9. The van der Waals surface area contributed by atoms with Crippen molar-refractivity contribution in [1.82, 2.24) is 19.9 Å². The van der Waals surface area contributed by atoms with Gasteiger partial charge in [-0.25, -0.2) is 4.98 Å². The van der Waals surface area contributed by atoms with Gasteiger partial charge in [-0.05, 0) is 91.1 Å². The van der Waals surface area contributed by atoms with E-state index in [-0.39, 0.29) is 33.3 Å². The van der Waals surface area contributed by atoms with E-state index in [1.54, 1.807) is 0 Å². The van der Waals surface area contributed by atoms with Crippen molar-refractivity contribution < 1.29 is 17.1 Å². The Morgan fingerprint density at radius 3 is 1.69 bits per heavy atom. The molecule has 247 valence electrons. The van der Waals surface area contributed by atoms with Crippen LogP contribution in [-0.4, -0.2) is 9.97 Å². The molecule has 0 N–H and O–H groups in total. The molecule has 5 heterocycles. The van der Waals surface area contributed by atoms with Crippen molar-refractivity contribution in [3.8, 4) is 22.3 Å². The fourth-order valence-electron chi connectivity index (χ4n) is 6.45. The van der Waals surface area contributed by atoms with Gasteiger partial charge < -0.3 is 9.97 Å². The maximum absolute atomic E-state index is 5.39. The van der Waals surface area contributed by atoms with Crippen LogP contribution >= 0.6 is 22.6 Å². The number of aromatic nitrogens is 4. The summed E-state index contributed by atoms with van der Waals surface area (Å²) >= 11 is 2.36. The van der Waals surface area contributed by atoms with Crippen LogP contribution in [0.25, 0.3) is 56.5 Å². The van der Waals surface area contributed by atoms with E-state index in [1.807, 2.05) is 0 Å². The zero-order valence-corrected chi connectivity index (χ0v) is 31.9. The van der Waals surface area contributed by atoms with Gasteiger partial charge >= 0.3 is 17.1 Å². The van der Waals surface area contributed by atoms with Gasteiger partial charge in [0.25, 0.3) is 0 Å². The number of fused-ring (bicyclic) bond motifs is 8. The maximum Gasteiger partial charge on any atom is 2.00 e. The summed E-state index contributed by atoms with van der Waals surface area (Å²) in [6.45, 7) is 18.2. The Morgan fingerprint density at radius 2 is 1.15 bits per heavy atom. The average Bonchev–Trinajstić information content (AvgIpc) is 3.79. The van der Waals surface area contributed by atoms with E-state index < -0.39 is 0 Å². The Hall–Kier alpha value is -3.45. The van der Waals surface area contributed by atoms with Gasteiger partial charge in [-0.2, -0.15) is 0 Å². The van der Waals surface area contributed by atoms with Gasteiger partial charge in [-0.15, -0.1) is 22.1 Å². The fraction of sp³-hybridized carbons (Fsp3) is 0.286. The first-order chi connectivity index (χ1) is 22.1. The predicted octanol–water partition coefficient (Wildman–Crippen LogP) is 10.8. The number of hydrogen-bond acceptors (Lipinski definition) is 2. The average molecular weight is 792 g/mol. The molecule has 8 bridgehead atoms. The smallest absolute Gasteiger partial charge is 0.657 e. The van der Waals surface area contributed by atoms with Gasteiger partial charge in [0, 0.05) is 26.8 Å². The summed E-state index contributed by atoms with van der Waals surface area (Å²) in [4.78, 5) is 20.9. The molecule has 4 nitrogen and oxygen atoms in total. The predicted molar refractivity (Wildman–Crippen MR) is 206 cm³/mol. The summed E-state index contributed by atoms with van der Waals surface area (Å²) in [7, 11) is 0. The van der Waals surface area contributed by atoms with Crippen molar-refractivity contribution in [2.45, 2.75) is 78.1 Å². The van der Waals surface area contributed by atoms with Crippen LogP contribution in [-0.2, 0) is 39.7 Å². The van der Waals surface area contributed by atoms with Crippen molar-refractivity contribution >= 4 is 56.8 Å². The maximum atomic E-state index is 5.39. The first kappa shape index (κ1) is 34.4. The topological polar surface area (TPSA) is 54.0 Å². The molecule has 3 aromatic heterocycles. The van der Waals surface area contributed by atoms with Crippen molar-refractivity contribution in [2.24, 2.45) is 0 Å². The standard InChI is InChI=1S/C42H41IN4.Cu/c1-40(2,3)27-19-26(20-28(21-27)41(4,5)6)39-34-16-14-31(45-34)23-37-42(7,8)24-32(46-37)22-30-13-15-33(44-30)38(35-17-18-36(39)47-35)25-9-11-29(43)12-10-25;/h9-23H,24H2,1-8H3;/q-2;+2. The summed E-state index contributed by atoms with van der Waals surface area (Å²) in [5.41, 5.74) is 14.2. The monoisotopic (exact) mass is 791 g/mol. The Balaban J connectivity index is 0.00000401. The van der Waals surface area contributed by atoms with Gasteiger partial charge in [-0.3, -0.25) is 4.98 Å². The largest absolute Gasteiger partial charge is 2.00 e. The molecule has 0 unspecified atom stereocenters. The van der Waals surface area contributed by atoms with Crippen LogP contribution in [0.4, 0.5) is 0 Å². The number of nitrogens with zero attached hydrogens (tertiary/aromatic N) is 4. The second kappa shape index (κ2) is 12.5. The SMILES string of the molecule is CC(C)(C)c1cc(-c2c3nc(c(-c4ccc(I)cc4)c4ccc(cc5nc(cc6ccc2[n-]6)C(C)(C)C5)[n-]4)C=C3)cc(C(C)(C)C)c1.[Cu+2]. The number of halogens is 1. The summed E-state index contributed by atoms with van der Waals surface area (Å²) in [5.74, 6) is 0. The molecule has 2 aliphatic heterocycles. The number of rotatable bonds is 2. The molecule has 0 saturated heterocycles. The first-order valence-corrected chi connectivity index (χ1v) is 17.5. The summed E-state index contributed by atoms with van der Waals surface area (Å²) in [5, 5.41) is 0. The number of benzene rings is 2. The fourth-order valence-corrected chi connectivity index (χ4v) is 6.81. The molecule has 1 radical (unpaired) electrons. The van der Waals surface area contributed by atoms with E-state index in [9.17, 15) is 0 Å². The minimum absolute atomic E-state index is 0. The van der Waals surface area contributed by atoms with Crippen LogP contribution in [0.2, 0.25) is 0 Å². The molecule has 0 fully saturated rings. The Kier molecular flexibility index (Phi) is 8.93. The number of hydrogen-bond donors (Lipinski definition) is 0. The molecule has 0 amide bonds. The second-order valence-electron chi connectivity index (χ2n) is 15.6. The Labute approximate surface area is 308 Å². The third kappa shape index (κ3) is 6.72. The Morgan fingerprint density at radius 1 is 0.625 bits per heavy atom. The van der Waals surface area contributed by atoms with Crippen molar-refractivity contribution in [3.63, 3.8) is 0 Å². The van der Waals surface area contributed by atoms with E-state index >= 15 is 0 Å². The molecule has 2 aromatic carbocycles. The molecular weight excluding hydrogens is 751 g/mol. The van der Waals surface area contributed by atoms with Crippen LogP contribution in [0.3, 0.4) is 0 Å². The molecule has 2 aliphatic rings. The van der Waals surface area contributed by atoms with Gasteiger partial charge in [0.15, 0.2) is 0 Å². The third-order valence-electron chi connectivity index (χ3n) is 9.25. The molecule has 0 spiro atoms. The molecule has 0 aliphatic carbocycles. The van der Waals surface area contributed by atoms with E-state index in [0.717, 1.165) is 73.5 Å². The molecule has 48 heavy (non-hydrogen) atoms. The Bertz CT molecular complexity index is 2190. The van der Waals surface area contributed by atoms with Crippen LogP contribution in [0.5, 0.6) is 0 Å². The van der Waals surface area contributed by atoms with Crippen LogP contribution < -0.4 is 9.97 Å².